The molecule has 11 heteroatoms. The number of hydrogen-bond acceptors (Lipinski definition) is 5. The van der Waals surface area contributed by atoms with Crippen molar-refractivity contribution in [2.24, 2.45) is 0 Å². The lowest BCUT2D eigenvalue weighted by Crippen LogP contribution is -2.13. The third kappa shape index (κ3) is 4.79. The summed E-state index contributed by atoms with van der Waals surface area (Å²) in [5.74, 6) is -0.428. The van der Waals surface area contributed by atoms with Gasteiger partial charge in [-0.15, -0.1) is 0 Å². The molecule has 0 aliphatic heterocycles. The van der Waals surface area contributed by atoms with E-state index in [1.807, 2.05) is 0 Å². The van der Waals surface area contributed by atoms with Crippen LogP contribution in [-0.4, -0.2) is 27.7 Å². The molecule has 150 valence electrons. The smallest absolute Gasteiger partial charge is 0.311 e. The van der Waals surface area contributed by atoms with Gasteiger partial charge in [0.25, 0.3) is 5.91 Å². The summed E-state index contributed by atoms with van der Waals surface area (Å²) in [6, 6.07) is 9.03. The van der Waals surface area contributed by atoms with Crippen LogP contribution in [0.25, 0.3) is 0 Å². The van der Waals surface area contributed by atoms with Crippen LogP contribution in [0.1, 0.15) is 15.9 Å². The van der Waals surface area contributed by atoms with Crippen molar-refractivity contribution in [3.63, 3.8) is 0 Å². The van der Waals surface area contributed by atoms with E-state index in [9.17, 15) is 14.9 Å². The molecule has 1 N–H and O–H groups in total. The number of nitrogens with zero attached hydrogens (tertiary/aromatic N) is 3. The number of nitro benzene ring substituents is 1. The van der Waals surface area contributed by atoms with Crippen molar-refractivity contribution in [1.29, 1.82) is 0 Å². The molecule has 0 spiro atoms. The van der Waals surface area contributed by atoms with E-state index in [-0.39, 0.29) is 27.8 Å². The molecule has 1 heterocycles. The molecule has 0 saturated carbocycles. The third-order valence-corrected chi connectivity index (χ3v) is 4.93. The van der Waals surface area contributed by atoms with Crippen LogP contribution >= 0.6 is 34.8 Å². The van der Waals surface area contributed by atoms with E-state index in [2.05, 4.69) is 10.4 Å². The van der Waals surface area contributed by atoms with E-state index >= 15 is 0 Å². The molecule has 0 aliphatic carbocycles. The van der Waals surface area contributed by atoms with Crippen LogP contribution < -0.4 is 10.1 Å². The minimum absolute atomic E-state index is 0.0514. The SMILES string of the molecule is COc1ccc(C(=O)Nc2nn(Cc3ccc(Cl)c(Cl)c3)cc2Cl)cc1[N+](=O)[O-]. The first-order chi connectivity index (χ1) is 13.8. The number of benzene rings is 2. The number of nitro groups is 1. The summed E-state index contributed by atoms with van der Waals surface area (Å²) in [5.41, 5.74) is 0.575. The van der Waals surface area contributed by atoms with Crippen LogP contribution in [0.3, 0.4) is 0 Å². The molecule has 0 bridgehead atoms. The molecule has 3 aromatic rings. The molecule has 2 aromatic carbocycles. The third-order valence-electron chi connectivity index (χ3n) is 3.92. The Hall–Kier alpha value is -2.81. The van der Waals surface area contributed by atoms with Crippen LogP contribution in [0.4, 0.5) is 11.5 Å². The molecular formula is C18H13Cl3N4O4. The number of aromatic nitrogens is 2. The van der Waals surface area contributed by atoms with Crippen LogP contribution in [0.5, 0.6) is 5.75 Å². The van der Waals surface area contributed by atoms with Gasteiger partial charge in [-0.1, -0.05) is 40.9 Å². The van der Waals surface area contributed by atoms with Crippen molar-refractivity contribution in [1.82, 2.24) is 9.78 Å². The summed E-state index contributed by atoms with van der Waals surface area (Å²) in [7, 11) is 1.31. The average Bonchev–Trinajstić information content (AvgIpc) is 3.02. The van der Waals surface area contributed by atoms with Gasteiger partial charge >= 0.3 is 5.69 Å². The molecule has 8 nitrogen and oxygen atoms in total. The number of rotatable bonds is 6. The van der Waals surface area contributed by atoms with Gasteiger partial charge in [-0.2, -0.15) is 5.10 Å². The second kappa shape index (κ2) is 8.69. The Balaban J connectivity index is 1.78. The van der Waals surface area contributed by atoms with Crippen molar-refractivity contribution in [3.05, 3.63) is 78.9 Å². The fourth-order valence-electron chi connectivity index (χ4n) is 2.54. The van der Waals surface area contributed by atoms with Crippen LogP contribution in [0.15, 0.2) is 42.6 Å². The van der Waals surface area contributed by atoms with Gasteiger partial charge in [0.15, 0.2) is 11.6 Å². The van der Waals surface area contributed by atoms with Crippen molar-refractivity contribution in [2.45, 2.75) is 6.54 Å². The zero-order valence-corrected chi connectivity index (χ0v) is 17.1. The van der Waals surface area contributed by atoms with E-state index in [0.29, 0.717) is 16.6 Å². The monoisotopic (exact) mass is 454 g/mol. The fraction of sp³-hybridized carbons (Fsp3) is 0.111. The predicted octanol–water partition coefficient (Wildman–Crippen LogP) is 5.06. The zero-order valence-electron chi connectivity index (χ0n) is 14.9. The molecule has 0 atom stereocenters. The minimum atomic E-state index is -0.630. The normalized spacial score (nSPS) is 10.6. The second-order valence-electron chi connectivity index (χ2n) is 5.87. The lowest BCUT2D eigenvalue weighted by atomic mass is 10.1. The number of amides is 1. The van der Waals surface area contributed by atoms with Crippen LogP contribution in [0, 0.1) is 10.1 Å². The highest BCUT2D eigenvalue weighted by Gasteiger charge is 2.19. The molecule has 0 radical (unpaired) electrons. The average molecular weight is 456 g/mol. The topological polar surface area (TPSA) is 99.3 Å². The maximum atomic E-state index is 12.5. The summed E-state index contributed by atoms with van der Waals surface area (Å²) in [6.07, 6.45) is 1.54. The quantitative estimate of drug-likeness (QED) is 0.414. The number of carbonyl (C=O) groups is 1. The van der Waals surface area contributed by atoms with E-state index < -0.39 is 10.8 Å². The summed E-state index contributed by atoms with van der Waals surface area (Å²) in [6.45, 7) is 0.348. The first-order valence-corrected chi connectivity index (χ1v) is 9.22. The molecule has 29 heavy (non-hydrogen) atoms. The maximum absolute atomic E-state index is 12.5. The van der Waals surface area contributed by atoms with Gasteiger partial charge in [-0.05, 0) is 29.8 Å². The molecule has 0 saturated heterocycles. The van der Waals surface area contributed by atoms with E-state index in [0.717, 1.165) is 11.6 Å². The Labute approximate surface area is 180 Å². The minimum Gasteiger partial charge on any atom is -0.490 e. The lowest BCUT2D eigenvalue weighted by molar-refractivity contribution is -0.385. The number of hydrogen-bond donors (Lipinski definition) is 1. The highest BCUT2D eigenvalue weighted by atomic mass is 35.5. The fourth-order valence-corrected chi connectivity index (χ4v) is 3.06. The van der Waals surface area contributed by atoms with Gasteiger partial charge in [0.2, 0.25) is 0 Å². The van der Waals surface area contributed by atoms with Crippen molar-refractivity contribution in [3.8, 4) is 5.75 Å². The molecule has 0 aliphatic rings. The lowest BCUT2D eigenvalue weighted by Gasteiger charge is -2.06. The van der Waals surface area contributed by atoms with Crippen molar-refractivity contribution < 1.29 is 14.5 Å². The number of anilines is 1. The van der Waals surface area contributed by atoms with Crippen molar-refractivity contribution in [2.75, 3.05) is 12.4 Å². The first-order valence-electron chi connectivity index (χ1n) is 8.09. The number of nitrogens with one attached hydrogen (secondary N) is 1. The Kier molecular flexibility index (Phi) is 6.26. The number of ether oxygens (including phenoxy) is 1. The number of halogens is 3. The van der Waals surface area contributed by atoms with E-state index in [1.165, 1.54) is 30.1 Å². The molecular weight excluding hydrogens is 443 g/mol. The first kappa shape index (κ1) is 20.9. The van der Waals surface area contributed by atoms with Gasteiger partial charge in [-0.3, -0.25) is 19.6 Å². The summed E-state index contributed by atoms with van der Waals surface area (Å²) < 4.78 is 6.45. The molecule has 3 rings (SSSR count). The number of carbonyl (C=O) groups excluding carboxylic acids is 1. The van der Waals surface area contributed by atoms with Gasteiger partial charge in [0, 0.05) is 17.8 Å². The van der Waals surface area contributed by atoms with Gasteiger partial charge in [0.1, 0.15) is 5.02 Å². The highest BCUT2D eigenvalue weighted by Crippen LogP contribution is 2.29. The Bertz CT molecular complexity index is 1100. The standard InChI is InChI=1S/C18H13Cl3N4O4/c1-29-16-5-3-11(7-15(16)25(27)28)18(26)22-17-14(21)9-24(23-17)8-10-2-4-12(19)13(20)6-10/h2-7,9H,8H2,1H3,(H,22,23,26). The number of methoxy groups -OCH3 is 1. The summed E-state index contributed by atoms with van der Waals surface area (Å²) in [5, 5.41) is 19.0. The van der Waals surface area contributed by atoms with Crippen molar-refractivity contribution >= 4 is 52.2 Å². The van der Waals surface area contributed by atoms with Crippen LogP contribution in [0.2, 0.25) is 15.1 Å². The van der Waals surface area contributed by atoms with Gasteiger partial charge in [0.05, 0.1) is 28.6 Å². The van der Waals surface area contributed by atoms with E-state index in [4.69, 9.17) is 39.5 Å². The molecule has 1 amide bonds. The maximum Gasteiger partial charge on any atom is 0.311 e. The molecule has 0 fully saturated rings. The predicted molar refractivity (Wildman–Crippen MR) is 110 cm³/mol. The Morgan fingerprint density at radius 3 is 2.59 bits per heavy atom. The molecule has 1 aromatic heterocycles. The highest BCUT2D eigenvalue weighted by molar-refractivity contribution is 6.42. The van der Waals surface area contributed by atoms with Gasteiger partial charge < -0.3 is 10.1 Å². The van der Waals surface area contributed by atoms with E-state index in [1.54, 1.807) is 18.2 Å². The Morgan fingerprint density at radius 1 is 1.17 bits per heavy atom. The summed E-state index contributed by atoms with van der Waals surface area (Å²) >= 11 is 18.1. The molecule has 0 unspecified atom stereocenters. The zero-order chi connectivity index (χ0) is 21.1. The second-order valence-corrected chi connectivity index (χ2v) is 7.09. The largest absolute Gasteiger partial charge is 0.490 e. The van der Waals surface area contributed by atoms with Crippen LogP contribution in [-0.2, 0) is 6.54 Å². The van der Waals surface area contributed by atoms with Gasteiger partial charge in [-0.25, -0.2) is 0 Å². The summed E-state index contributed by atoms with van der Waals surface area (Å²) in [4.78, 5) is 23.0. The Morgan fingerprint density at radius 2 is 1.93 bits per heavy atom.